The van der Waals surface area contributed by atoms with E-state index in [-0.39, 0.29) is 6.10 Å². The molecule has 1 aliphatic heterocycles. The topological polar surface area (TPSA) is 30.5 Å². The number of ether oxygens (including phenoxy) is 2. The van der Waals surface area contributed by atoms with Gasteiger partial charge in [0.1, 0.15) is 11.9 Å². The Balaban J connectivity index is 2.04. The first kappa shape index (κ1) is 13.7. The second kappa shape index (κ2) is 6.41. The molecule has 0 saturated carbocycles. The van der Waals surface area contributed by atoms with Crippen LogP contribution < -0.4 is 10.1 Å². The van der Waals surface area contributed by atoms with E-state index in [0.29, 0.717) is 11.1 Å². The Morgan fingerprint density at radius 1 is 1.39 bits per heavy atom. The molecule has 3 nitrogen and oxygen atoms in total. The molecule has 2 rings (SSSR count). The molecule has 4 heteroatoms. The molecule has 1 aromatic rings. The summed E-state index contributed by atoms with van der Waals surface area (Å²) >= 11 is 6.27. The van der Waals surface area contributed by atoms with Crippen molar-refractivity contribution in [2.75, 3.05) is 20.3 Å². The second-order valence-corrected chi connectivity index (χ2v) is 5.04. The van der Waals surface area contributed by atoms with E-state index in [0.717, 1.165) is 31.8 Å². The van der Waals surface area contributed by atoms with Crippen molar-refractivity contribution in [2.45, 2.75) is 31.9 Å². The molecule has 1 fully saturated rings. The van der Waals surface area contributed by atoms with Crippen LogP contribution in [0.25, 0.3) is 0 Å². The third-order valence-corrected chi connectivity index (χ3v) is 3.65. The predicted molar refractivity (Wildman–Crippen MR) is 73.4 cm³/mol. The Kier molecular flexibility index (Phi) is 4.87. The van der Waals surface area contributed by atoms with Crippen molar-refractivity contribution in [2.24, 2.45) is 0 Å². The first-order chi connectivity index (χ1) is 8.70. The molecule has 1 aliphatic rings. The van der Waals surface area contributed by atoms with Crippen molar-refractivity contribution >= 4 is 11.6 Å². The van der Waals surface area contributed by atoms with Gasteiger partial charge in [-0.15, -0.1) is 0 Å². The lowest BCUT2D eigenvalue weighted by molar-refractivity contribution is 0.0256. The van der Waals surface area contributed by atoms with E-state index in [2.05, 4.69) is 18.3 Å². The zero-order valence-electron chi connectivity index (χ0n) is 10.9. The van der Waals surface area contributed by atoms with Crippen molar-refractivity contribution in [1.29, 1.82) is 0 Å². The number of halogens is 1. The van der Waals surface area contributed by atoms with Gasteiger partial charge in [-0.1, -0.05) is 17.7 Å². The maximum absolute atomic E-state index is 6.27. The fraction of sp³-hybridized carbons (Fsp3) is 0.571. The highest BCUT2D eigenvalue weighted by molar-refractivity contribution is 6.32. The Bertz CT molecular complexity index is 391. The minimum absolute atomic E-state index is 0.226. The summed E-state index contributed by atoms with van der Waals surface area (Å²) in [4.78, 5) is 0. The van der Waals surface area contributed by atoms with E-state index in [4.69, 9.17) is 21.1 Å². The highest BCUT2D eigenvalue weighted by Gasteiger charge is 2.17. The van der Waals surface area contributed by atoms with Crippen LogP contribution in [0.15, 0.2) is 18.2 Å². The van der Waals surface area contributed by atoms with Gasteiger partial charge in [0.25, 0.3) is 0 Å². The van der Waals surface area contributed by atoms with Crippen LogP contribution in [-0.4, -0.2) is 26.4 Å². The molecule has 1 N–H and O–H groups in total. The highest BCUT2D eigenvalue weighted by Crippen LogP contribution is 2.29. The standard InChI is InChI=1S/C14H20ClNO2/c1-10(16-2)11-3-4-14(13(15)9-11)18-12-5-7-17-8-6-12/h3-4,9-10,12,16H,5-8H2,1-2H3. The van der Waals surface area contributed by atoms with Crippen molar-refractivity contribution in [1.82, 2.24) is 5.32 Å². The van der Waals surface area contributed by atoms with Gasteiger partial charge in [0, 0.05) is 18.9 Å². The van der Waals surface area contributed by atoms with Crippen LogP contribution in [0.1, 0.15) is 31.4 Å². The summed E-state index contributed by atoms with van der Waals surface area (Å²) in [5.74, 6) is 0.774. The summed E-state index contributed by atoms with van der Waals surface area (Å²) in [5.41, 5.74) is 1.17. The molecule has 1 saturated heterocycles. The molecule has 1 atom stereocenters. The smallest absolute Gasteiger partial charge is 0.138 e. The van der Waals surface area contributed by atoms with Crippen LogP contribution in [0.3, 0.4) is 0 Å². The molecule has 0 aliphatic carbocycles. The minimum atomic E-state index is 0.226. The zero-order valence-corrected chi connectivity index (χ0v) is 11.7. The SMILES string of the molecule is CNC(C)c1ccc(OC2CCOCC2)c(Cl)c1. The maximum Gasteiger partial charge on any atom is 0.138 e. The van der Waals surface area contributed by atoms with Gasteiger partial charge in [0.2, 0.25) is 0 Å². The molecule has 1 heterocycles. The largest absolute Gasteiger partial charge is 0.489 e. The normalized spacial score (nSPS) is 18.6. The van der Waals surface area contributed by atoms with Crippen molar-refractivity contribution in [3.63, 3.8) is 0 Å². The van der Waals surface area contributed by atoms with Gasteiger partial charge < -0.3 is 14.8 Å². The second-order valence-electron chi connectivity index (χ2n) is 4.63. The summed E-state index contributed by atoms with van der Waals surface area (Å²) in [5, 5.41) is 3.87. The molecule has 0 amide bonds. The van der Waals surface area contributed by atoms with Crippen LogP contribution in [0.4, 0.5) is 0 Å². The molecule has 18 heavy (non-hydrogen) atoms. The Labute approximate surface area is 113 Å². The average molecular weight is 270 g/mol. The summed E-state index contributed by atoms with van der Waals surface area (Å²) in [7, 11) is 1.94. The first-order valence-corrected chi connectivity index (χ1v) is 6.79. The molecule has 100 valence electrons. The predicted octanol–water partition coefficient (Wildman–Crippen LogP) is 3.18. The van der Waals surface area contributed by atoms with Crippen LogP contribution in [-0.2, 0) is 4.74 Å². The third kappa shape index (κ3) is 3.37. The fourth-order valence-electron chi connectivity index (χ4n) is 2.02. The van der Waals surface area contributed by atoms with Crippen LogP contribution in [0.5, 0.6) is 5.75 Å². The lowest BCUT2D eigenvalue weighted by atomic mass is 10.1. The lowest BCUT2D eigenvalue weighted by Gasteiger charge is -2.24. The monoisotopic (exact) mass is 269 g/mol. The van der Waals surface area contributed by atoms with Crippen molar-refractivity contribution in [3.05, 3.63) is 28.8 Å². The molecular formula is C14H20ClNO2. The van der Waals surface area contributed by atoms with E-state index in [9.17, 15) is 0 Å². The van der Waals surface area contributed by atoms with Gasteiger partial charge in [0.05, 0.1) is 18.2 Å². The molecule has 1 unspecified atom stereocenters. The van der Waals surface area contributed by atoms with Gasteiger partial charge in [-0.2, -0.15) is 0 Å². The summed E-state index contributed by atoms with van der Waals surface area (Å²) < 4.78 is 11.2. The van der Waals surface area contributed by atoms with E-state index in [1.807, 2.05) is 19.2 Å². The number of hydrogen-bond acceptors (Lipinski definition) is 3. The summed E-state index contributed by atoms with van der Waals surface area (Å²) in [6.07, 6.45) is 2.10. The van der Waals surface area contributed by atoms with Crippen molar-refractivity contribution < 1.29 is 9.47 Å². The van der Waals surface area contributed by atoms with Crippen LogP contribution >= 0.6 is 11.6 Å². The third-order valence-electron chi connectivity index (χ3n) is 3.35. The summed E-state index contributed by atoms with van der Waals surface area (Å²) in [6, 6.07) is 6.28. The number of hydrogen-bond donors (Lipinski definition) is 1. The fourth-order valence-corrected chi connectivity index (χ4v) is 2.26. The van der Waals surface area contributed by atoms with Crippen molar-refractivity contribution in [3.8, 4) is 5.75 Å². The quantitative estimate of drug-likeness (QED) is 0.911. The lowest BCUT2D eigenvalue weighted by Crippen LogP contribution is -2.26. The summed E-state index contributed by atoms with van der Waals surface area (Å²) in [6.45, 7) is 3.65. The maximum atomic E-state index is 6.27. The van der Waals surface area contributed by atoms with Crippen LogP contribution in [0.2, 0.25) is 5.02 Å². The highest BCUT2D eigenvalue weighted by atomic mass is 35.5. The van der Waals surface area contributed by atoms with E-state index in [1.54, 1.807) is 0 Å². The Morgan fingerprint density at radius 2 is 2.11 bits per heavy atom. The van der Waals surface area contributed by atoms with Gasteiger partial charge >= 0.3 is 0 Å². The number of rotatable bonds is 4. The Morgan fingerprint density at radius 3 is 2.72 bits per heavy atom. The molecule has 0 aromatic heterocycles. The zero-order chi connectivity index (χ0) is 13.0. The van der Waals surface area contributed by atoms with Gasteiger partial charge in [-0.25, -0.2) is 0 Å². The molecule has 1 aromatic carbocycles. The number of nitrogens with one attached hydrogen (secondary N) is 1. The Hall–Kier alpha value is -0.770. The molecule has 0 bridgehead atoms. The van der Waals surface area contributed by atoms with E-state index < -0.39 is 0 Å². The van der Waals surface area contributed by atoms with E-state index in [1.165, 1.54) is 5.56 Å². The van der Waals surface area contributed by atoms with Crippen LogP contribution in [0, 0.1) is 0 Å². The minimum Gasteiger partial charge on any atom is -0.489 e. The number of benzene rings is 1. The molecule has 0 spiro atoms. The first-order valence-electron chi connectivity index (χ1n) is 6.42. The van der Waals surface area contributed by atoms with Gasteiger partial charge in [0.15, 0.2) is 0 Å². The average Bonchev–Trinajstić information content (AvgIpc) is 2.41. The molecular weight excluding hydrogens is 250 g/mol. The van der Waals surface area contributed by atoms with E-state index >= 15 is 0 Å². The van der Waals surface area contributed by atoms with Gasteiger partial charge in [-0.3, -0.25) is 0 Å². The molecule has 0 radical (unpaired) electrons. The van der Waals surface area contributed by atoms with Gasteiger partial charge in [-0.05, 0) is 31.7 Å².